The smallest absolute Gasteiger partial charge is 0.226 e. The summed E-state index contributed by atoms with van der Waals surface area (Å²) < 4.78 is 6.70. The van der Waals surface area contributed by atoms with Crippen LogP contribution in [0.5, 0.6) is 5.88 Å². The van der Waals surface area contributed by atoms with Crippen molar-refractivity contribution in [2.45, 2.75) is 33.4 Å². The Morgan fingerprint density at radius 1 is 1.37 bits per heavy atom. The lowest BCUT2D eigenvalue weighted by atomic mass is 10.4. The molecule has 0 saturated heterocycles. The molecule has 0 radical (unpaired) electrons. The van der Waals surface area contributed by atoms with Gasteiger partial charge in [0.15, 0.2) is 0 Å². The van der Waals surface area contributed by atoms with Crippen LogP contribution in [-0.4, -0.2) is 16.1 Å². The predicted octanol–water partition coefficient (Wildman–Crippen LogP) is 4.01. The van der Waals surface area contributed by atoms with E-state index in [9.17, 15) is 0 Å². The molecule has 2 rings (SSSR count). The highest BCUT2D eigenvalue weighted by atomic mass is 79.9. The van der Waals surface area contributed by atoms with Crippen LogP contribution in [0.3, 0.4) is 0 Å². The lowest BCUT2D eigenvalue weighted by Crippen LogP contribution is -2.10. The second kappa shape index (κ2) is 6.34. The Morgan fingerprint density at radius 2 is 2.16 bits per heavy atom. The normalized spacial score (nSPS) is 10.8. The quantitative estimate of drug-likeness (QED) is 0.892. The van der Waals surface area contributed by atoms with Gasteiger partial charge in [-0.15, -0.1) is 11.3 Å². The summed E-state index contributed by atoms with van der Waals surface area (Å²) in [6.07, 6.45) is 0.107. The molecule has 0 amide bonds. The summed E-state index contributed by atoms with van der Waals surface area (Å²) >= 11 is 5.13. The molecule has 0 bridgehead atoms. The number of aryl methyl sites for hydroxylation is 1. The number of thiophene rings is 1. The third kappa shape index (κ3) is 4.47. The highest BCUT2D eigenvalue weighted by Gasteiger charge is 2.05. The van der Waals surface area contributed by atoms with Gasteiger partial charge in [0.25, 0.3) is 0 Å². The lowest BCUT2D eigenvalue weighted by molar-refractivity contribution is 0.232. The fourth-order valence-electron chi connectivity index (χ4n) is 1.53. The Hall–Kier alpha value is -1.14. The molecule has 0 aliphatic rings. The number of nitrogens with one attached hydrogen (secondary N) is 1. The van der Waals surface area contributed by atoms with Crippen LogP contribution in [0.25, 0.3) is 0 Å². The van der Waals surface area contributed by atoms with E-state index in [4.69, 9.17) is 4.74 Å². The monoisotopic (exact) mass is 341 g/mol. The van der Waals surface area contributed by atoms with Gasteiger partial charge in [0.05, 0.1) is 12.6 Å². The van der Waals surface area contributed by atoms with E-state index in [2.05, 4.69) is 42.7 Å². The van der Waals surface area contributed by atoms with E-state index < -0.39 is 0 Å². The zero-order valence-corrected chi connectivity index (χ0v) is 13.5. The molecular formula is C13H16BrN3OS. The number of hydrogen-bond donors (Lipinski definition) is 1. The van der Waals surface area contributed by atoms with Gasteiger partial charge in [-0.2, -0.15) is 4.98 Å². The molecule has 102 valence electrons. The molecule has 0 unspecified atom stereocenters. The van der Waals surface area contributed by atoms with Crippen molar-refractivity contribution >= 4 is 33.2 Å². The Morgan fingerprint density at radius 3 is 2.79 bits per heavy atom. The standard InChI is InChI=1S/C13H16BrN3OS/c1-8(2)18-12-4-9(3)16-13(17-12)15-6-11-5-10(14)7-19-11/h4-5,7-8H,6H2,1-3H3,(H,15,16,17). The van der Waals surface area contributed by atoms with E-state index >= 15 is 0 Å². The number of halogens is 1. The number of anilines is 1. The van der Waals surface area contributed by atoms with E-state index in [1.807, 2.05) is 26.8 Å². The number of rotatable bonds is 5. The maximum Gasteiger partial charge on any atom is 0.226 e. The van der Waals surface area contributed by atoms with Crippen LogP contribution in [0.15, 0.2) is 22.0 Å². The third-order valence-electron chi connectivity index (χ3n) is 2.23. The number of aromatic nitrogens is 2. The minimum absolute atomic E-state index is 0.107. The number of nitrogens with zero attached hydrogens (tertiary/aromatic N) is 2. The van der Waals surface area contributed by atoms with Crippen LogP contribution in [0.2, 0.25) is 0 Å². The van der Waals surface area contributed by atoms with Gasteiger partial charge in [-0.1, -0.05) is 0 Å². The Kier molecular flexibility index (Phi) is 4.76. The summed E-state index contributed by atoms with van der Waals surface area (Å²) in [6, 6.07) is 3.92. The zero-order valence-electron chi connectivity index (χ0n) is 11.1. The molecule has 0 spiro atoms. The van der Waals surface area contributed by atoms with Gasteiger partial charge in [0.2, 0.25) is 11.8 Å². The fourth-order valence-corrected chi connectivity index (χ4v) is 2.92. The topological polar surface area (TPSA) is 47.0 Å². The van der Waals surface area contributed by atoms with Crippen LogP contribution in [0, 0.1) is 6.92 Å². The maximum absolute atomic E-state index is 5.60. The predicted molar refractivity (Wildman–Crippen MR) is 81.9 cm³/mol. The van der Waals surface area contributed by atoms with Crippen molar-refractivity contribution in [2.24, 2.45) is 0 Å². The summed E-state index contributed by atoms with van der Waals surface area (Å²) in [7, 11) is 0. The first-order valence-corrected chi connectivity index (χ1v) is 7.69. The van der Waals surface area contributed by atoms with Gasteiger partial charge >= 0.3 is 0 Å². The minimum atomic E-state index is 0.107. The van der Waals surface area contributed by atoms with Gasteiger partial charge in [-0.25, -0.2) is 4.98 Å². The highest BCUT2D eigenvalue weighted by Crippen LogP contribution is 2.21. The van der Waals surface area contributed by atoms with Crippen LogP contribution >= 0.6 is 27.3 Å². The lowest BCUT2D eigenvalue weighted by Gasteiger charge is -2.11. The van der Waals surface area contributed by atoms with Crippen molar-refractivity contribution in [2.75, 3.05) is 5.32 Å². The molecule has 2 aromatic heterocycles. The largest absolute Gasteiger partial charge is 0.475 e. The fraction of sp³-hybridized carbons (Fsp3) is 0.385. The summed E-state index contributed by atoms with van der Waals surface area (Å²) in [5.74, 6) is 1.21. The van der Waals surface area contributed by atoms with E-state index in [1.165, 1.54) is 4.88 Å². The average molecular weight is 342 g/mol. The van der Waals surface area contributed by atoms with Crippen LogP contribution in [0.1, 0.15) is 24.4 Å². The first-order valence-electron chi connectivity index (χ1n) is 6.02. The summed E-state index contributed by atoms with van der Waals surface area (Å²) in [5.41, 5.74) is 0.889. The van der Waals surface area contributed by atoms with E-state index in [0.29, 0.717) is 18.4 Å². The first-order chi connectivity index (χ1) is 9.02. The molecule has 0 fully saturated rings. The van der Waals surface area contributed by atoms with Crippen molar-refractivity contribution in [3.8, 4) is 5.88 Å². The van der Waals surface area contributed by atoms with Gasteiger partial charge < -0.3 is 10.1 Å². The van der Waals surface area contributed by atoms with Crippen LogP contribution < -0.4 is 10.1 Å². The summed E-state index contributed by atoms with van der Waals surface area (Å²) in [6.45, 7) is 6.60. The molecule has 2 heterocycles. The molecule has 0 saturated carbocycles. The van der Waals surface area contributed by atoms with Crippen molar-refractivity contribution in [1.29, 1.82) is 0 Å². The first kappa shape index (κ1) is 14.3. The molecule has 0 aliphatic carbocycles. The number of ether oxygens (including phenoxy) is 1. The third-order valence-corrected chi connectivity index (χ3v) is 3.93. The summed E-state index contributed by atoms with van der Waals surface area (Å²) in [5, 5.41) is 5.27. The SMILES string of the molecule is Cc1cc(OC(C)C)nc(NCc2cc(Br)cs2)n1. The van der Waals surface area contributed by atoms with Crippen LogP contribution in [0.4, 0.5) is 5.95 Å². The second-order valence-electron chi connectivity index (χ2n) is 4.42. The van der Waals surface area contributed by atoms with E-state index in [0.717, 1.165) is 10.2 Å². The zero-order chi connectivity index (χ0) is 13.8. The van der Waals surface area contributed by atoms with Gasteiger partial charge in [-0.05, 0) is 42.8 Å². The van der Waals surface area contributed by atoms with Gasteiger partial charge in [0, 0.05) is 26.5 Å². The van der Waals surface area contributed by atoms with Gasteiger partial charge in [-0.3, -0.25) is 0 Å². The molecule has 19 heavy (non-hydrogen) atoms. The maximum atomic E-state index is 5.60. The highest BCUT2D eigenvalue weighted by molar-refractivity contribution is 9.10. The molecule has 1 N–H and O–H groups in total. The minimum Gasteiger partial charge on any atom is -0.475 e. The second-order valence-corrected chi connectivity index (χ2v) is 6.33. The van der Waals surface area contributed by atoms with Crippen molar-refractivity contribution in [3.63, 3.8) is 0 Å². The Balaban J connectivity index is 2.05. The molecule has 4 nitrogen and oxygen atoms in total. The molecular weight excluding hydrogens is 326 g/mol. The molecule has 0 aromatic carbocycles. The Labute approximate surface area is 125 Å². The average Bonchev–Trinajstić information content (AvgIpc) is 2.71. The molecule has 2 aromatic rings. The Bertz CT molecular complexity index is 557. The molecule has 0 aliphatic heterocycles. The van der Waals surface area contributed by atoms with Crippen molar-refractivity contribution in [3.05, 3.63) is 32.6 Å². The molecule has 0 atom stereocenters. The van der Waals surface area contributed by atoms with Gasteiger partial charge in [0.1, 0.15) is 0 Å². The van der Waals surface area contributed by atoms with E-state index in [1.54, 1.807) is 11.3 Å². The van der Waals surface area contributed by atoms with Crippen LogP contribution in [-0.2, 0) is 6.54 Å². The molecule has 6 heteroatoms. The van der Waals surface area contributed by atoms with Crippen molar-refractivity contribution < 1.29 is 4.74 Å². The summed E-state index contributed by atoms with van der Waals surface area (Å²) in [4.78, 5) is 9.92. The number of hydrogen-bond acceptors (Lipinski definition) is 5. The van der Waals surface area contributed by atoms with E-state index in [-0.39, 0.29) is 6.10 Å². The van der Waals surface area contributed by atoms with Crippen molar-refractivity contribution in [1.82, 2.24) is 9.97 Å².